The number of rotatable bonds is 1. The van der Waals surface area contributed by atoms with Crippen molar-refractivity contribution in [3.63, 3.8) is 0 Å². The van der Waals surface area contributed by atoms with Crippen LogP contribution in [0.15, 0.2) is 0 Å². The molecule has 0 aromatic rings. The summed E-state index contributed by atoms with van der Waals surface area (Å²) in [7, 11) is 0. The van der Waals surface area contributed by atoms with E-state index in [1.54, 1.807) is 0 Å². The zero-order valence-corrected chi connectivity index (χ0v) is 4.05. The van der Waals surface area contributed by atoms with Gasteiger partial charge < -0.3 is 5.32 Å². The third-order valence-corrected chi connectivity index (χ3v) is 1.16. The van der Waals surface area contributed by atoms with E-state index in [0.29, 0.717) is 0 Å². The summed E-state index contributed by atoms with van der Waals surface area (Å²) in [4.78, 5) is 4.05. The van der Waals surface area contributed by atoms with E-state index in [2.05, 4.69) is 10.2 Å². The Kier molecular flexibility index (Phi) is 1.62. The van der Waals surface area contributed by atoms with Crippen LogP contribution in [0.4, 0.5) is 0 Å². The summed E-state index contributed by atoms with van der Waals surface area (Å²) in [6.07, 6.45) is 0.969. The molecule has 1 N–H and O–H groups in total. The highest BCUT2D eigenvalue weighted by Crippen LogP contribution is 1.98. The van der Waals surface area contributed by atoms with Crippen molar-refractivity contribution in [2.45, 2.75) is 12.5 Å². The number of nitrogens with one attached hydrogen (secondary N) is 1. The molecule has 3 nitrogen and oxygen atoms in total. The van der Waals surface area contributed by atoms with Gasteiger partial charge in [-0.25, -0.2) is 0 Å². The maximum Gasteiger partial charge on any atom is 0.0964 e. The molecule has 3 heteroatoms. The van der Waals surface area contributed by atoms with Gasteiger partial charge in [-0.15, -0.1) is 0 Å². The molecule has 1 aliphatic heterocycles. The molecule has 0 aromatic carbocycles. The topological polar surface area (TPSA) is 43.6 Å². The Morgan fingerprint density at radius 2 is 2.57 bits per heavy atom. The predicted molar refractivity (Wildman–Crippen MR) is 24.5 cm³/mol. The van der Waals surface area contributed by atoms with Crippen molar-refractivity contribution < 1.29 is 4.84 Å². The van der Waals surface area contributed by atoms with Crippen LogP contribution in [0.25, 0.3) is 0 Å². The first-order valence-corrected chi connectivity index (χ1v) is 2.44. The van der Waals surface area contributed by atoms with Gasteiger partial charge in [-0.05, 0) is 13.0 Å². The average molecular weight is 100 g/mol. The monoisotopic (exact) mass is 100 g/mol. The third-order valence-electron chi connectivity index (χ3n) is 1.16. The molecule has 0 unspecified atom stereocenters. The van der Waals surface area contributed by atoms with Crippen LogP contribution in [0.3, 0.4) is 0 Å². The van der Waals surface area contributed by atoms with Gasteiger partial charge in [0.25, 0.3) is 0 Å². The van der Waals surface area contributed by atoms with Crippen molar-refractivity contribution in [1.82, 2.24) is 11.2 Å². The minimum atomic E-state index is 0.0417. The molecule has 0 aromatic heterocycles. The lowest BCUT2D eigenvalue weighted by Gasteiger charge is -1.97. The second-order valence-corrected chi connectivity index (χ2v) is 1.72. The van der Waals surface area contributed by atoms with E-state index >= 15 is 0 Å². The second kappa shape index (κ2) is 2.26. The van der Waals surface area contributed by atoms with Crippen molar-refractivity contribution in [1.29, 1.82) is 0 Å². The smallest absolute Gasteiger partial charge is 0.0964 e. The largest absolute Gasteiger partial charge is 0.314 e. The fraction of sp³-hybridized carbons (Fsp3) is 1.00. The highest BCUT2D eigenvalue weighted by Gasteiger charge is 2.13. The quantitative estimate of drug-likeness (QED) is 0.445. The average Bonchev–Trinajstić information content (AvgIpc) is 2.14. The summed E-state index contributed by atoms with van der Waals surface area (Å²) >= 11 is 0. The standard InChI is InChI=1S/C4H8N2O/c5-7-4-1-2-6-3-4/h4,6H,1-3H2/t4-/m0/s1. The lowest BCUT2D eigenvalue weighted by molar-refractivity contribution is 0.0510. The summed E-state index contributed by atoms with van der Waals surface area (Å²) in [6.45, 7) is 1.75. The van der Waals surface area contributed by atoms with Gasteiger partial charge in [-0.3, -0.25) is 4.84 Å². The zero-order valence-electron chi connectivity index (χ0n) is 4.05. The molecule has 40 valence electrons. The Balaban J connectivity index is 2.14. The van der Waals surface area contributed by atoms with Crippen LogP contribution in [-0.2, 0) is 4.84 Å². The lowest BCUT2D eigenvalue weighted by Crippen LogP contribution is -2.15. The minimum Gasteiger partial charge on any atom is -0.314 e. The molecule has 0 saturated carbocycles. The van der Waals surface area contributed by atoms with Crippen LogP contribution >= 0.6 is 0 Å². The summed E-state index contributed by atoms with van der Waals surface area (Å²) in [5, 5.41) is 3.04. The zero-order chi connectivity index (χ0) is 5.11. The Morgan fingerprint density at radius 3 is 2.86 bits per heavy atom. The van der Waals surface area contributed by atoms with Crippen molar-refractivity contribution in [3.05, 3.63) is 0 Å². The molecular formula is C4H8N2O. The first kappa shape index (κ1) is 5.03. The van der Waals surface area contributed by atoms with Crippen LogP contribution in [0.1, 0.15) is 6.42 Å². The van der Waals surface area contributed by atoms with Gasteiger partial charge in [-0.1, -0.05) is 0 Å². The SMILES string of the molecule is [N]O[C@H]1CCNC1. The molecule has 0 spiro atoms. The summed E-state index contributed by atoms with van der Waals surface area (Å²) in [5.41, 5.74) is 0. The van der Waals surface area contributed by atoms with Gasteiger partial charge in [-0.2, -0.15) is 0 Å². The van der Waals surface area contributed by atoms with E-state index in [1.165, 1.54) is 0 Å². The molecule has 0 aliphatic carbocycles. The Morgan fingerprint density at radius 1 is 1.71 bits per heavy atom. The van der Waals surface area contributed by atoms with Gasteiger partial charge in [0.1, 0.15) is 0 Å². The molecule has 7 heavy (non-hydrogen) atoms. The predicted octanol–water partition coefficient (Wildman–Crippen LogP) is -0.651. The molecule has 0 bridgehead atoms. The van der Waals surface area contributed by atoms with E-state index in [4.69, 9.17) is 5.90 Å². The molecule has 2 radical (unpaired) electrons. The van der Waals surface area contributed by atoms with Crippen LogP contribution in [0, 0.1) is 0 Å². The summed E-state index contributed by atoms with van der Waals surface area (Å²) in [5.74, 6) is 8.03. The molecular weight excluding hydrogens is 92.1 g/mol. The first-order chi connectivity index (χ1) is 3.43. The molecule has 1 fully saturated rings. The highest BCUT2D eigenvalue weighted by atomic mass is 16.6. The highest BCUT2D eigenvalue weighted by molar-refractivity contribution is 4.69. The van der Waals surface area contributed by atoms with E-state index in [9.17, 15) is 0 Å². The van der Waals surface area contributed by atoms with Crippen molar-refractivity contribution >= 4 is 0 Å². The van der Waals surface area contributed by atoms with Crippen LogP contribution < -0.4 is 11.2 Å². The van der Waals surface area contributed by atoms with Gasteiger partial charge in [0, 0.05) is 12.4 Å². The number of hydrogen-bond acceptors (Lipinski definition) is 2. The summed E-state index contributed by atoms with van der Waals surface area (Å²) in [6, 6.07) is 0. The Labute approximate surface area is 42.8 Å². The van der Waals surface area contributed by atoms with E-state index in [0.717, 1.165) is 19.5 Å². The fourth-order valence-corrected chi connectivity index (χ4v) is 0.718. The third kappa shape index (κ3) is 1.12. The van der Waals surface area contributed by atoms with Gasteiger partial charge in [0.05, 0.1) is 6.10 Å². The van der Waals surface area contributed by atoms with Crippen LogP contribution in [-0.4, -0.2) is 19.2 Å². The van der Waals surface area contributed by atoms with Gasteiger partial charge in [0.2, 0.25) is 0 Å². The fourth-order valence-electron chi connectivity index (χ4n) is 0.718. The molecule has 1 aliphatic rings. The second-order valence-electron chi connectivity index (χ2n) is 1.72. The molecule has 0 amide bonds. The minimum absolute atomic E-state index is 0.0417. The van der Waals surface area contributed by atoms with Gasteiger partial charge in [0.15, 0.2) is 0 Å². The molecule has 1 heterocycles. The maximum absolute atomic E-state index is 8.03. The van der Waals surface area contributed by atoms with Crippen molar-refractivity contribution in [2.75, 3.05) is 13.1 Å². The lowest BCUT2D eigenvalue weighted by atomic mass is 10.3. The Bertz CT molecular complexity index is 51.7. The van der Waals surface area contributed by atoms with E-state index in [1.807, 2.05) is 0 Å². The number of hydrogen-bond donors (Lipinski definition) is 1. The van der Waals surface area contributed by atoms with E-state index in [-0.39, 0.29) is 6.10 Å². The normalized spacial score (nSPS) is 31.3. The summed E-state index contributed by atoms with van der Waals surface area (Å²) < 4.78 is 0. The number of nitrogens with zero attached hydrogens (tertiary/aromatic N) is 1. The Hall–Kier alpha value is -0.120. The van der Waals surface area contributed by atoms with Crippen LogP contribution in [0.5, 0.6) is 0 Å². The molecule has 1 atom stereocenters. The maximum atomic E-state index is 8.03. The van der Waals surface area contributed by atoms with Crippen LogP contribution in [0.2, 0.25) is 0 Å². The first-order valence-electron chi connectivity index (χ1n) is 2.44. The van der Waals surface area contributed by atoms with E-state index < -0.39 is 0 Å². The van der Waals surface area contributed by atoms with Crippen molar-refractivity contribution in [2.24, 2.45) is 0 Å². The van der Waals surface area contributed by atoms with Gasteiger partial charge >= 0.3 is 0 Å². The van der Waals surface area contributed by atoms with Crippen molar-refractivity contribution in [3.8, 4) is 0 Å². The molecule has 1 saturated heterocycles. The molecule has 1 rings (SSSR count).